The molecule has 0 aliphatic rings. The van der Waals surface area contributed by atoms with Crippen LogP contribution in [-0.4, -0.2) is 93.8 Å². The zero-order valence-corrected chi connectivity index (χ0v) is 46.6. The third kappa shape index (κ3) is 15.9. The van der Waals surface area contributed by atoms with Crippen LogP contribution in [-0.2, 0) is 43.4 Å². The Labute approximate surface area is 481 Å². The molecule has 2 heterocycles. The number of amides is 4. The Kier molecular flexibility index (Phi) is 21.0. The van der Waals surface area contributed by atoms with Crippen LogP contribution in [0.25, 0.3) is 11.4 Å². The molecular weight excluding hydrogens is 1150 g/mol. The highest BCUT2D eigenvalue weighted by Crippen LogP contribution is 2.33. The molecule has 2 unspecified atom stereocenters. The van der Waals surface area contributed by atoms with Gasteiger partial charge in [-0.2, -0.15) is 26.3 Å². The second-order valence-corrected chi connectivity index (χ2v) is 21.5. The molecule has 2 aromatic heterocycles. The zero-order chi connectivity index (χ0) is 60.9. The Hall–Kier alpha value is -8.72. The van der Waals surface area contributed by atoms with E-state index in [9.17, 15) is 63.5 Å². The van der Waals surface area contributed by atoms with Gasteiger partial charge < -0.3 is 42.2 Å². The zero-order valence-electron chi connectivity index (χ0n) is 45.0. The molecule has 0 saturated heterocycles. The molecule has 442 valence electrons. The number of pyridine rings is 2. The Morgan fingerprint density at radius 2 is 0.821 bits per heavy atom. The molecule has 18 nitrogen and oxygen atoms in total. The molecule has 7 aromatic rings. The minimum atomic E-state index is -4.73. The predicted octanol–water partition coefficient (Wildman–Crippen LogP) is 7.27. The average molecular weight is 1200 g/mol. The van der Waals surface area contributed by atoms with Gasteiger partial charge in [-0.3, -0.25) is 37.9 Å². The van der Waals surface area contributed by atoms with Crippen molar-refractivity contribution in [3.8, 4) is 11.4 Å². The minimum absolute atomic E-state index is 0.00861. The number of anilines is 2. The third-order valence-corrected chi connectivity index (χ3v) is 15.7. The number of rotatable bonds is 24. The summed E-state index contributed by atoms with van der Waals surface area (Å²) in [5.74, 6) is -2.61. The van der Waals surface area contributed by atoms with E-state index < -0.39 is 91.0 Å². The number of hydrogen-bond acceptors (Lipinski definition) is 12. The van der Waals surface area contributed by atoms with Gasteiger partial charge in [0.15, 0.2) is 0 Å². The maximum absolute atomic E-state index is 13.8. The topological polar surface area (TPSA) is 265 Å². The quantitative estimate of drug-likeness (QED) is 0.0198. The van der Waals surface area contributed by atoms with Crippen molar-refractivity contribution < 1.29 is 63.4 Å². The Morgan fingerprint density at radius 3 is 1.17 bits per heavy atom. The molecule has 0 aliphatic heterocycles. The van der Waals surface area contributed by atoms with E-state index in [-0.39, 0.29) is 106 Å². The first kappa shape index (κ1) is 62.9. The van der Waals surface area contributed by atoms with Crippen LogP contribution in [0.5, 0.6) is 0 Å². The Bertz CT molecular complexity index is 3480. The van der Waals surface area contributed by atoms with Gasteiger partial charge in [-0.05, 0) is 148 Å². The van der Waals surface area contributed by atoms with Crippen LogP contribution in [0.2, 0.25) is 0 Å². The van der Waals surface area contributed by atoms with E-state index in [1.54, 1.807) is 0 Å². The summed E-state index contributed by atoms with van der Waals surface area (Å²) >= 11 is 0. The normalized spacial score (nSPS) is 12.3. The number of ether oxygens (including phenoxy) is 2. The molecule has 5 aromatic carbocycles. The van der Waals surface area contributed by atoms with Crippen LogP contribution < -0.4 is 43.9 Å². The number of nitrogens with two attached hydrogens (primary N) is 2. The summed E-state index contributed by atoms with van der Waals surface area (Å²) in [6.07, 6.45) is -8.74. The van der Waals surface area contributed by atoms with E-state index in [0.29, 0.717) is 24.2 Å². The lowest BCUT2D eigenvalue weighted by Crippen LogP contribution is -2.35. The second-order valence-electron chi connectivity index (χ2n) is 18.6. The largest absolute Gasteiger partial charge is 0.416 e. The molecule has 2 atom stereocenters. The summed E-state index contributed by atoms with van der Waals surface area (Å²) in [5, 5.41) is 10.6. The molecule has 4 amide bonds. The standard InChI is InChI=1S/C58H56F6N8O10S2/c1-35-49(83(79)45-19-15-41(65)16-20-45)33-47(55(77)71(35)43-9-3-7-39(31-43)57(59,60)61)53(75)69-25-29-81-27-5-23-67-51(73)37-11-13-38(14-12-37)52(74)68-24-6-28-82-30-26-70-54(76)48-34-50(84(80)46-21-17-42(66)18-22-46)36(2)72(56(48)78)44-10-4-8-40(32-44)58(62,63)64/h3-4,7-22,31-34H,5-6,23-30,65-66H2,1-2H3,(H,67,73)(H,68,74)(H,69,75)(H,70,76). The van der Waals surface area contributed by atoms with Crippen molar-refractivity contribution in [2.45, 2.75) is 58.6 Å². The lowest BCUT2D eigenvalue weighted by atomic mass is 10.1. The molecular formula is C58H56F6N8O10S2. The van der Waals surface area contributed by atoms with Gasteiger partial charge in [0, 0.05) is 94.4 Å². The van der Waals surface area contributed by atoms with E-state index in [2.05, 4.69) is 21.3 Å². The predicted molar refractivity (Wildman–Crippen MR) is 301 cm³/mol. The first-order chi connectivity index (χ1) is 39.9. The number of nitrogens with one attached hydrogen (secondary N) is 4. The number of aromatic nitrogens is 2. The van der Waals surface area contributed by atoms with Crippen molar-refractivity contribution >= 4 is 56.6 Å². The van der Waals surface area contributed by atoms with Crippen LogP contribution in [0.3, 0.4) is 0 Å². The van der Waals surface area contributed by atoms with Crippen molar-refractivity contribution in [1.29, 1.82) is 0 Å². The van der Waals surface area contributed by atoms with Gasteiger partial charge in [0.1, 0.15) is 11.1 Å². The van der Waals surface area contributed by atoms with Gasteiger partial charge in [-0.25, -0.2) is 8.42 Å². The van der Waals surface area contributed by atoms with E-state index in [4.69, 9.17) is 20.9 Å². The first-order valence-electron chi connectivity index (χ1n) is 25.8. The van der Waals surface area contributed by atoms with E-state index in [0.717, 1.165) is 57.7 Å². The Balaban J connectivity index is 0.818. The minimum Gasteiger partial charge on any atom is -0.399 e. The van der Waals surface area contributed by atoms with Crippen LogP contribution in [0.15, 0.2) is 163 Å². The molecule has 84 heavy (non-hydrogen) atoms. The van der Waals surface area contributed by atoms with Gasteiger partial charge in [-0.1, -0.05) is 12.1 Å². The number of benzene rings is 5. The van der Waals surface area contributed by atoms with Gasteiger partial charge >= 0.3 is 12.4 Å². The molecule has 0 radical (unpaired) electrons. The SMILES string of the molecule is Cc1c(S(=O)c2ccc(N)cc2)cc(C(=O)NCCOCCCNC(=O)c2ccc(C(=O)NCCCOCCNC(=O)c3cc(S(=O)c4ccc(N)cc4)c(C)n(-c4cccc(C(F)(F)F)c4)c3=O)cc2)c(=O)n1-c1cccc(C(F)(F)F)c1. The second kappa shape index (κ2) is 28.0. The number of alkyl halides is 6. The fourth-order valence-electron chi connectivity index (χ4n) is 8.36. The molecule has 0 bridgehead atoms. The van der Waals surface area contributed by atoms with Gasteiger partial charge in [0.25, 0.3) is 34.7 Å². The van der Waals surface area contributed by atoms with Crippen molar-refractivity contribution in [2.75, 3.05) is 64.1 Å². The number of carbonyl (C=O) groups is 4. The number of nitrogens with zero attached hydrogens (tertiary/aromatic N) is 2. The van der Waals surface area contributed by atoms with Crippen LogP contribution in [0, 0.1) is 13.8 Å². The highest BCUT2D eigenvalue weighted by molar-refractivity contribution is 7.85. The van der Waals surface area contributed by atoms with Gasteiger partial charge in [0.05, 0.1) is 55.7 Å². The van der Waals surface area contributed by atoms with E-state index in [1.165, 1.54) is 98.8 Å². The number of halogens is 6. The summed E-state index contributed by atoms with van der Waals surface area (Å²) in [6, 6.07) is 28.1. The molecule has 7 rings (SSSR count). The summed E-state index contributed by atoms with van der Waals surface area (Å²) in [7, 11) is -3.96. The maximum atomic E-state index is 13.8. The molecule has 0 aliphatic carbocycles. The fourth-order valence-corrected chi connectivity index (χ4v) is 10.8. The van der Waals surface area contributed by atoms with Crippen molar-refractivity contribution in [3.05, 3.63) is 199 Å². The van der Waals surface area contributed by atoms with Gasteiger partial charge in [-0.15, -0.1) is 0 Å². The fraction of sp³-hybridized carbons (Fsp3) is 0.241. The lowest BCUT2D eigenvalue weighted by molar-refractivity contribution is -0.138. The lowest BCUT2D eigenvalue weighted by Gasteiger charge is -2.18. The number of nitrogen functional groups attached to an aromatic ring is 2. The smallest absolute Gasteiger partial charge is 0.399 e. The summed E-state index contributed by atoms with van der Waals surface area (Å²) in [6.45, 7) is 3.33. The van der Waals surface area contributed by atoms with Crippen molar-refractivity contribution in [3.63, 3.8) is 0 Å². The average Bonchev–Trinajstić information content (AvgIpc) is 2.54. The summed E-state index contributed by atoms with van der Waals surface area (Å²) in [5.41, 5.74) is 7.73. The highest BCUT2D eigenvalue weighted by Gasteiger charge is 2.33. The molecule has 0 saturated carbocycles. The molecule has 0 fully saturated rings. The highest BCUT2D eigenvalue weighted by atomic mass is 32.2. The first-order valence-corrected chi connectivity index (χ1v) is 28.1. The van der Waals surface area contributed by atoms with E-state index in [1.807, 2.05) is 0 Å². The molecule has 0 spiro atoms. The Morgan fingerprint density at radius 1 is 0.476 bits per heavy atom. The third-order valence-electron chi connectivity index (χ3n) is 12.7. The summed E-state index contributed by atoms with van der Waals surface area (Å²) in [4.78, 5) is 80.6. The number of carbonyl (C=O) groups excluding carboxylic acids is 4. The number of hydrogen-bond donors (Lipinski definition) is 6. The molecule has 8 N–H and O–H groups in total. The van der Waals surface area contributed by atoms with Crippen LogP contribution in [0.1, 0.15) is 76.8 Å². The molecule has 26 heteroatoms. The van der Waals surface area contributed by atoms with Gasteiger partial charge in [0.2, 0.25) is 0 Å². The van der Waals surface area contributed by atoms with E-state index >= 15 is 0 Å². The summed E-state index contributed by atoms with van der Waals surface area (Å²) < 4.78 is 123. The maximum Gasteiger partial charge on any atom is 0.416 e. The van der Waals surface area contributed by atoms with Crippen LogP contribution in [0.4, 0.5) is 37.7 Å². The van der Waals surface area contributed by atoms with Crippen molar-refractivity contribution in [1.82, 2.24) is 30.4 Å². The monoisotopic (exact) mass is 1200 g/mol. The van der Waals surface area contributed by atoms with Crippen molar-refractivity contribution in [2.24, 2.45) is 0 Å². The van der Waals surface area contributed by atoms with Crippen LogP contribution >= 0.6 is 0 Å².